The Balaban J connectivity index is 1.78. The summed E-state index contributed by atoms with van der Waals surface area (Å²) < 4.78 is 5.62. The van der Waals surface area contributed by atoms with Gasteiger partial charge < -0.3 is 19.9 Å². The standard InChI is InChI=1S/C22H31N3O4/c1-3-29-20-11-5-4-8-18(20)22(28)24-13-7-14-25(16(2)26)19-10-6-9-17(19)21(27)23-12-15-24/h4-5,8,11,17,19H,3,6-7,9-10,12-15H2,1-2H3,(H,23,27). The molecule has 1 aliphatic heterocycles. The Morgan fingerprint density at radius 1 is 1.14 bits per heavy atom. The van der Waals surface area contributed by atoms with Crippen LogP contribution in [0.25, 0.3) is 0 Å². The van der Waals surface area contributed by atoms with Crippen molar-refractivity contribution in [2.75, 3.05) is 32.8 Å². The molecule has 3 rings (SSSR count). The van der Waals surface area contributed by atoms with Gasteiger partial charge in [0.2, 0.25) is 11.8 Å². The molecule has 1 aliphatic carbocycles. The fourth-order valence-electron chi connectivity index (χ4n) is 4.46. The highest BCUT2D eigenvalue weighted by Gasteiger charge is 2.38. The SMILES string of the molecule is CCOc1ccccc1C(=O)N1CCCN(C(C)=O)C2CCCC2C(=O)NCC1. The van der Waals surface area contributed by atoms with Crippen LogP contribution in [0.3, 0.4) is 0 Å². The first-order chi connectivity index (χ1) is 14.0. The highest BCUT2D eigenvalue weighted by Crippen LogP contribution is 2.31. The number of fused-ring (bicyclic) bond motifs is 1. The molecule has 3 amide bonds. The van der Waals surface area contributed by atoms with Gasteiger partial charge in [0.1, 0.15) is 5.75 Å². The van der Waals surface area contributed by atoms with Gasteiger partial charge in [-0.1, -0.05) is 18.6 Å². The summed E-state index contributed by atoms with van der Waals surface area (Å²) in [4.78, 5) is 41.7. The van der Waals surface area contributed by atoms with Crippen molar-refractivity contribution in [1.82, 2.24) is 15.1 Å². The molecule has 7 heteroatoms. The molecule has 1 aromatic carbocycles. The number of nitrogens with zero attached hydrogens (tertiary/aromatic N) is 2. The summed E-state index contributed by atoms with van der Waals surface area (Å²) in [7, 11) is 0. The predicted molar refractivity (Wildman–Crippen MR) is 110 cm³/mol. The van der Waals surface area contributed by atoms with Crippen LogP contribution in [0.5, 0.6) is 5.75 Å². The first-order valence-corrected chi connectivity index (χ1v) is 10.6. The molecule has 1 saturated heterocycles. The van der Waals surface area contributed by atoms with Gasteiger partial charge in [0.15, 0.2) is 0 Å². The molecular weight excluding hydrogens is 370 g/mol. The molecule has 2 aliphatic rings. The number of carbonyl (C=O) groups excluding carboxylic acids is 3. The van der Waals surface area contributed by atoms with Crippen molar-refractivity contribution >= 4 is 17.7 Å². The quantitative estimate of drug-likeness (QED) is 0.841. The lowest BCUT2D eigenvalue weighted by molar-refractivity contribution is -0.134. The van der Waals surface area contributed by atoms with E-state index >= 15 is 0 Å². The van der Waals surface area contributed by atoms with Gasteiger partial charge in [-0.3, -0.25) is 14.4 Å². The Morgan fingerprint density at radius 2 is 1.93 bits per heavy atom. The molecule has 1 heterocycles. The average Bonchev–Trinajstić information content (AvgIpc) is 3.18. The lowest BCUT2D eigenvalue weighted by Crippen LogP contribution is -2.46. The molecule has 0 spiro atoms. The number of hydrogen-bond acceptors (Lipinski definition) is 4. The van der Waals surface area contributed by atoms with Gasteiger partial charge in [0.25, 0.3) is 5.91 Å². The van der Waals surface area contributed by atoms with Crippen LogP contribution in [0.2, 0.25) is 0 Å². The van der Waals surface area contributed by atoms with E-state index in [1.807, 2.05) is 24.0 Å². The van der Waals surface area contributed by atoms with Gasteiger partial charge >= 0.3 is 0 Å². The molecule has 0 radical (unpaired) electrons. The van der Waals surface area contributed by atoms with Crippen molar-refractivity contribution in [3.63, 3.8) is 0 Å². The van der Waals surface area contributed by atoms with Gasteiger partial charge in [-0.05, 0) is 38.3 Å². The van der Waals surface area contributed by atoms with Gasteiger partial charge in [-0.25, -0.2) is 0 Å². The smallest absolute Gasteiger partial charge is 0.257 e. The fourth-order valence-corrected chi connectivity index (χ4v) is 4.46. The van der Waals surface area contributed by atoms with Gasteiger partial charge in [-0.15, -0.1) is 0 Å². The number of carbonyl (C=O) groups is 3. The van der Waals surface area contributed by atoms with E-state index in [9.17, 15) is 14.4 Å². The number of rotatable bonds is 3. The number of ether oxygens (including phenoxy) is 1. The molecule has 0 aromatic heterocycles. The zero-order chi connectivity index (χ0) is 20.8. The van der Waals surface area contributed by atoms with E-state index in [4.69, 9.17) is 4.74 Å². The van der Waals surface area contributed by atoms with Crippen LogP contribution in [-0.2, 0) is 9.59 Å². The lowest BCUT2D eigenvalue weighted by atomic mass is 10.0. The third-order valence-corrected chi connectivity index (χ3v) is 5.83. The first-order valence-electron chi connectivity index (χ1n) is 10.6. The Bertz CT molecular complexity index is 751. The van der Waals surface area contributed by atoms with E-state index in [1.165, 1.54) is 0 Å². The minimum atomic E-state index is -0.153. The van der Waals surface area contributed by atoms with Crippen molar-refractivity contribution in [3.05, 3.63) is 29.8 Å². The van der Waals surface area contributed by atoms with E-state index in [-0.39, 0.29) is 29.7 Å². The Morgan fingerprint density at radius 3 is 2.69 bits per heavy atom. The molecule has 29 heavy (non-hydrogen) atoms. The largest absolute Gasteiger partial charge is 0.493 e. The summed E-state index contributed by atoms with van der Waals surface area (Å²) in [6.07, 6.45) is 3.32. The lowest BCUT2D eigenvalue weighted by Gasteiger charge is -2.32. The van der Waals surface area contributed by atoms with Crippen molar-refractivity contribution in [2.24, 2.45) is 5.92 Å². The van der Waals surface area contributed by atoms with Crippen LogP contribution in [0.1, 0.15) is 49.9 Å². The predicted octanol–water partition coefficient (Wildman–Crippen LogP) is 2.06. The molecule has 2 unspecified atom stereocenters. The third kappa shape index (κ3) is 4.89. The molecule has 158 valence electrons. The maximum Gasteiger partial charge on any atom is 0.257 e. The van der Waals surface area contributed by atoms with Crippen molar-refractivity contribution in [3.8, 4) is 5.75 Å². The van der Waals surface area contributed by atoms with E-state index in [1.54, 1.807) is 24.0 Å². The summed E-state index contributed by atoms with van der Waals surface area (Å²) in [6, 6.07) is 7.20. The second kappa shape index (κ2) is 9.76. The van der Waals surface area contributed by atoms with E-state index in [2.05, 4.69) is 5.32 Å². The third-order valence-electron chi connectivity index (χ3n) is 5.83. The average molecular weight is 402 g/mol. The minimum absolute atomic E-state index is 0.00600. The highest BCUT2D eigenvalue weighted by atomic mass is 16.5. The van der Waals surface area contributed by atoms with Crippen LogP contribution < -0.4 is 10.1 Å². The Labute approximate surface area is 172 Å². The Hall–Kier alpha value is -2.57. The van der Waals surface area contributed by atoms with Crippen LogP contribution in [-0.4, -0.2) is 66.3 Å². The summed E-state index contributed by atoms with van der Waals surface area (Å²) in [5, 5.41) is 2.99. The summed E-state index contributed by atoms with van der Waals surface area (Å²) in [5.41, 5.74) is 0.524. The highest BCUT2D eigenvalue weighted by molar-refractivity contribution is 5.97. The van der Waals surface area contributed by atoms with Crippen LogP contribution >= 0.6 is 0 Å². The van der Waals surface area contributed by atoms with Gasteiger partial charge in [0.05, 0.1) is 18.1 Å². The zero-order valence-electron chi connectivity index (χ0n) is 17.4. The van der Waals surface area contributed by atoms with Crippen LogP contribution in [0.4, 0.5) is 0 Å². The molecule has 2 fully saturated rings. The first kappa shape index (κ1) is 21.1. The topological polar surface area (TPSA) is 79.0 Å². The molecule has 1 saturated carbocycles. The summed E-state index contributed by atoms with van der Waals surface area (Å²) >= 11 is 0. The molecule has 2 atom stereocenters. The number of hydrogen-bond donors (Lipinski definition) is 1. The molecule has 0 bridgehead atoms. The number of benzene rings is 1. The van der Waals surface area contributed by atoms with E-state index in [0.717, 1.165) is 19.3 Å². The van der Waals surface area contributed by atoms with E-state index < -0.39 is 0 Å². The maximum absolute atomic E-state index is 13.2. The maximum atomic E-state index is 13.2. The normalized spacial score (nSPS) is 23.0. The van der Waals surface area contributed by atoms with Gasteiger partial charge in [-0.2, -0.15) is 0 Å². The molecule has 1 N–H and O–H groups in total. The van der Waals surface area contributed by atoms with Crippen molar-refractivity contribution < 1.29 is 19.1 Å². The second-order valence-electron chi connectivity index (χ2n) is 7.68. The second-order valence-corrected chi connectivity index (χ2v) is 7.68. The van der Waals surface area contributed by atoms with Crippen LogP contribution in [0.15, 0.2) is 24.3 Å². The number of amides is 3. The number of nitrogens with one attached hydrogen (secondary N) is 1. The fraction of sp³-hybridized carbons (Fsp3) is 0.591. The minimum Gasteiger partial charge on any atom is -0.493 e. The molecular formula is C22H31N3O4. The summed E-state index contributed by atoms with van der Waals surface area (Å²) in [5.74, 6) is 0.284. The monoisotopic (exact) mass is 401 g/mol. The summed E-state index contributed by atoms with van der Waals surface area (Å²) in [6.45, 7) is 5.85. The Kier molecular flexibility index (Phi) is 7.12. The van der Waals surface area contributed by atoms with E-state index in [0.29, 0.717) is 50.5 Å². The molecule has 7 nitrogen and oxygen atoms in total. The van der Waals surface area contributed by atoms with Crippen LogP contribution in [0, 0.1) is 5.92 Å². The van der Waals surface area contributed by atoms with Crippen molar-refractivity contribution in [1.29, 1.82) is 0 Å². The van der Waals surface area contributed by atoms with Gasteiger partial charge in [0, 0.05) is 39.1 Å². The zero-order valence-corrected chi connectivity index (χ0v) is 17.4. The number of para-hydroxylation sites is 1. The van der Waals surface area contributed by atoms with Crippen molar-refractivity contribution in [2.45, 2.75) is 45.6 Å². The molecule has 1 aromatic rings.